The Kier molecular flexibility index (Phi) is 1.73. The lowest BCUT2D eigenvalue weighted by Gasteiger charge is -2.11. The van der Waals surface area contributed by atoms with Gasteiger partial charge in [0.15, 0.2) is 0 Å². The highest BCUT2D eigenvalue weighted by atomic mass is 16.1. The Morgan fingerprint density at radius 1 is 1.25 bits per heavy atom. The molecule has 2 heterocycles. The third-order valence-corrected chi connectivity index (χ3v) is 1.87. The predicted molar refractivity (Wildman–Crippen MR) is 41.9 cm³/mol. The van der Waals surface area contributed by atoms with Gasteiger partial charge < -0.3 is 4.90 Å². The second kappa shape index (κ2) is 2.88. The Morgan fingerprint density at radius 3 is 2.58 bits per heavy atom. The van der Waals surface area contributed by atoms with Crippen LogP contribution in [0.3, 0.4) is 0 Å². The van der Waals surface area contributed by atoms with Gasteiger partial charge in [-0.05, 0) is 12.8 Å². The predicted octanol–water partition coefficient (Wildman–Crippen LogP) is -0.840. The van der Waals surface area contributed by atoms with Crippen LogP contribution in [0.25, 0.3) is 0 Å². The molecule has 64 valence electrons. The van der Waals surface area contributed by atoms with Crippen LogP contribution in [0.4, 0.5) is 5.95 Å². The lowest BCUT2D eigenvalue weighted by atomic mass is 10.4. The molecular weight excluding hydrogens is 158 g/mol. The fourth-order valence-corrected chi connectivity index (χ4v) is 1.28. The van der Waals surface area contributed by atoms with E-state index in [1.54, 1.807) is 0 Å². The van der Waals surface area contributed by atoms with Crippen LogP contribution in [-0.4, -0.2) is 33.5 Å². The first-order chi connectivity index (χ1) is 5.86. The van der Waals surface area contributed by atoms with Gasteiger partial charge in [0.25, 0.3) is 5.95 Å². The number of aromatic nitrogens is 4. The summed E-state index contributed by atoms with van der Waals surface area (Å²) in [4.78, 5) is 12.5. The fourth-order valence-electron chi connectivity index (χ4n) is 1.28. The van der Waals surface area contributed by atoms with E-state index in [0.717, 1.165) is 25.9 Å². The quantitative estimate of drug-likeness (QED) is 0.590. The average Bonchev–Trinajstić information content (AvgIpc) is 2.58. The van der Waals surface area contributed by atoms with Gasteiger partial charge in [0.1, 0.15) is 0 Å². The number of nitrogens with one attached hydrogen (secondary N) is 1. The SMILES string of the molecule is O=c1nnc(N2CCCC2)n[nH]1. The average molecular weight is 167 g/mol. The van der Waals surface area contributed by atoms with Crippen LogP contribution in [-0.2, 0) is 0 Å². The number of anilines is 1. The topological polar surface area (TPSA) is 74.8 Å². The molecule has 0 radical (unpaired) electrons. The molecule has 1 N–H and O–H groups in total. The molecule has 0 atom stereocenters. The molecule has 1 fully saturated rings. The van der Waals surface area contributed by atoms with Crippen molar-refractivity contribution < 1.29 is 0 Å². The molecule has 2 rings (SSSR count). The molecule has 0 aliphatic carbocycles. The van der Waals surface area contributed by atoms with E-state index < -0.39 is 5.69 Å². The van der Waals surface area contributed by atoms with E-state index >= 15 is 0 Å². The minimum absolute atomic E-state index is 0.502. The summed E-state index contributed by atoms with van der Waals surface area (Å²) in [5.74, 6) is 0.520. The third-order valence-electron chi connectivity index (χ3n) is 1.87. The normalized spacial score (nSPS) is 16.8. The first-order valence-corrected chi connectivity index (χ1v) is 3.90. The van der Waals surface area contributed by atoms with Gasteiger partial charge in [-0.15, -0.1) is 10.2 Å². The monoisotopic (exact) mass is 167 g/mol. The number of hydrogen-bond donors (Lipinski definition) is 1. The Hall–Kier alpha value is -1.46. The minimum atomic E-state index is -0.502. The molecule has 12 heavy (non-hydrogen) atoms. The summed E-state index contributed by atoms with van der Waals surface area (Å²) in [5, 5.41) is 13.1. The van der Waals surface area contributed by atoms with Gasteiger partial charge in [-0.2, -0.15) is 0 Å². The molecule has 1 aromatic rings. The number of H-pyrrole nitrogens is 1. The summed E-state index contributed by atoms with van der Waals surface area (Å²) >= 11 is 0. The first-order valence-electron chi connectivity index (χ1n) is 3.90. The molecule has 6 heteroatoms. The standard InChI is InChI=1S/C6H9N5O/c12-6-9-7-5(8-10-6)11-3-1-2-4-11/h1-4H2,(H,9,10,12). The van der Waals surface area contributed by atoms with Crippen molar-refractivity contribution >= 4 is 5.95 Å². The summed E-state index contributed by atoms with van der Waals surface area (Å²) in [7, 11) is 0. The van der Waals surface area contributed by atoms with Gasteiger partial charge in [-0.1, -0.05) is 5.10 Å². The van der Waals surface area contributed by atoms with Crippen molar-refractivity contribution in [3.05, 3.63) is 10.5 Å². The molecule has 0 saturated carbocycles. The molecule has 1 aliphatic heterocycles. The molecule has 0 unspecified atom stereocenters. The fraction of sp³-hybridized carbons (Fsp3) is 0.667. The number of hydrogen-bond acceptors (Lipinski definition) is 5. The summed E-state index contributed by atoms with van der Waals surface area (Å²) in [5.41, 5.74) is -0.502. The zero-order valence-electron chi connectivity index (χ0n) is 6.53. The van der Waals surface area contributed by atoms with E-state index in [4.69, 9.17) is 0 Å². The molecule has 1 aliphatic rings. The van der Waals surface area contributed by atoms with Gasteiger partial charge in [0.05, 0.1) is 0 Å². The third kappa shape index (κ3) is 1.27. The number of aromatic amines is 1. The van der Waals surface area contributed by atoms with Crippen LogP contribution in [0.2, 0.25) is 0 Å². The van der Waals surface area contributed by atoms with E-state index in [-0.39, 0.29) is 0 Å². The van der Waals surface area contributed by atoms with Crippen molar-refractivity contribution in [3.63, 3.8) is 0 Å². The smallest absolute Gasteiger partial charge is 0.338 e. The second-order valence-electron chi connectivity index (χ2n) is 2.72. The van der Waals surface area contributed by atoms with Crippen LogP contribution < -0.4 is 10.6 Å². The lowest BCUT2D eigenvalue weighted by Crippen LogP contribution is -2.25. The zero-order chi connectivity index (χ0) is 8.39. The Morgan fingerprint density at radius 2 is 2.00 bits per heavy atom. The molecule has 0 bridgehead atoms. The van der Waals surface area contributed by atoms with Crippen LogP contribution in [0, 0.1) is 0 Å². The number of nitrogens with zero attached hydrogens (tertiary/aromatic N) is 4. The molecular formula is C6H9N5O. The van der Waals surface area contributed by atoms with Crippen molar-refractivity contribution in [2.45, 2.75) is 12.8 Å². The van der Waals surface area contributed by atoms with E-state index in [2.05, 4.69) is 20.4 Å². The van der Waals surface area contributed by atoms with Crippen molar-refractivity contribution in [3.8, 4) is 0 Å². The van der Waals surface area contributed by atoms with Crippen LogP contribution >= 0.6 is 0 Å². The van der Waals surface area contributed by atoms with E-state index in [1.165, 1.54) is 0 Å². The summed E-state index contributed by atoms with van der Waals surface area (Å²) in [6, 6.07) is 0. The van der Waals surface area contributed by atoms with Crippen molar-refractivity contribution in [2.75, 3.05) is 18.0 Å². The Balaban J connectivity index is 2.22. The largest absolute Gasteiger partial charge is 0.380 e. The molecule has 6 nitrogen and oxygen atoms in total. The lowest BCUT2D eigenvalue weighted by molar-refractivity contribution is 0.761. The van der Waals surface area contributed by atoms with Gasteiger partial charge in [0, 0.05) is 13.1 Å². The van der Waals surface area contributed by atoms with E-state index in [1.807, 2.05) is 4.90 Å². The summed E-state index contributed by atoms with van der Waals surface area (Å²) < 4.78 is 0. The van der Waals surface area contributed by atoms with Gasteiger partial charge >= 0.3 is 5.69 Å². The Bertz CT molecular complexity index is 295. The van der Waals surface area contributed by atoms with E-state index in [0.29, 0.717) is 5.95 Å². The van der Waals surface area contributed by atoms with Crippen molar-refractivity contribution in [1.82, 2.24) is 20.4 Å². The van der Waals surface area contributed by atoms with E-state index in [9.17, 15) is 4.79 Å². The van der Waals surface area contributed by atoms with Crippen molar-refractivity contribution in [2.24, 2.45) is 0 Å². The van der Waals surface area contributed by atoms with Crippen molar-refractivity contribution in [1.29, 1.82) is 0 Å². The van der Waals surface area contributed by atoms with Crippen LogP contribution in [0.5, 0.6) is 0 Å². The van der Waals surface area contributed by atoms with Gasteiger partial charge in [-0.25, -0.2) is 9.89 Å². The number of rotatable bonds is 1. The first kappa shape index (κ1) is 7.20. The molecule has 1 saturated heterocycles. The maximum absolute atomic E-state index is 10.5. The second-order valence-corrected chi connectivity index (χ2v) is 2.72. The highest BCUT2D eigenvalue weighted by Gasteiger charge is 2.14. The zero-order valence-corrected chi connectivity index (χ0v) is 6.53. The molecule has 0 aromatic carbocycles. The van der Waals surface area contributed by atoms with Crippen LogP contribution in [0.15, 0.2) is 4.79 Å². The minimum Gasteiger partial charge on any atom is -0.338 e. The summed E-state index contributed by atoms with van der Waals surface area (Å²) in [6.45, 7) is 1.90. The molecule has 1 aromatic heterocycles. The Labute approximate surface area is 68.6 Å². The van der Waals surface area contributed by atoms with Gasteiger partial charge in [0.2, 0.25) is 0 Å². The maximum atomic E-state index is 10.5. The molecule has 0 spiro atoms. The van der Waals surface area contributed by atoms with Crippen LogP contribution in [0.1, 0.15) is 12.8 Å². The highest BCUT2D eigenvalue weighted by Crippen LogP contribution is 2.12. The molecule has 0 amide bonds. The summed E-state index contributed by atoms with van der Waals surface area (Å²) in [6.07, 6.45) is 2.31. The maximum Gasteiger partial charge on any atom is 0.380 e. The van der Waals surface area contributed by atoms with Gasteiger partial charge in [-0.3, -0.25) is 0 Å². The highest BCUT2D eigenvalue weighted by molar-refractivity contribution is 5.26.